The molecule has 1 saturated heterocycles. The molecule has 90 valence electrons. The first-order valence-corrected chi connectivity index (χ1v) is 5.71. The molecular weight excluding hydrogens is 218 g/mol. The first-order valence-electron chi connectivity index (χ1n) is 5.71. The zero-order valence-electron chi connectivity index (χ0n) is 9.76. The summed E-state index contributed by atoms with van der Waals surface area (Å²) >= 11 is 0. The van der Waals surface area contributed by atoms with Gasteiger partial charge in [-0.3, -0.25) is 9.59 Å². The average Bonchev–Trinajstić information content (AvgIpc) is 2.73. The first kappa shape index (κ1) is 11.6. The van der Waals surface area contributed by atoms with Gasteiger partial charge in [0.2, 0.25) is 0 Å². The van der Waals surface area contributed by atoms with E-state index in [4.69, 9.17) is 4.74 Å². The highest BCUT2D eigenvalue weighted by molar-refractivity contribution is 6.04. The van der Waals surface area contributed by atoms with E-state index in [0.29, 0.717) is 13.2 Å². The van der Waals surface area contributed by atoms with Gasteiger partial charge in [0.25, 0.3) is 0 Å². The second-order valence-corrected chi connectivity index (χ2v) is 3.99. The Morgan fingerprint density at radius 2 is 2.12 bits per heavy atom. The van der Waals surface area contributed by atoms with Crippen molar-refractivity contribution in [1.29, 1.82) is 0 Å². The molecule has 0 N–H and O–H groups in total. The SMILES string of the molecule is CCOC(=O)C1CN(c2ccccc2)CC1=O. The van der Waals surface area contributed by atoms with Gasteiger partial charge in [-0.25, -0.2) is 0 Å². The van der Waals surface area contributed by atoms with Gasteiger partial charge in [-0.1, -0.05) is 18.2 Å². The van der Waals surface area contributed by atoms with E-state index >= 15 is 0 Å². The highest BCUT2D eigenvalue weighted by Gasteiger charge is 2.37. The molecule has 1 heterocycles. The van der Waals surface area contributed by atoms with Crippen LogP contribution >= 0.6 is 0 Å². The number of carbonyl (C=O) groups excluding carboxylic acids is 2. The number of hydrogen-bond acceptors (Lipinski definition) is 4. The number of Topliss-reactive ketones (excluding diaryl/α,β-unsaturated/α-hetero) is 1. The molecule has 1 fully saturated rings. The van der Waals surface area contributed by atoms with E-state index in [1.54, 1.807) is 6.92 Å². The van der Waals surface area contributed by atoms with Crippen LogP contribution in [-0.4, -0.2) is 31.4 Å². The molecule has 0 bridgehead atoms. The number of benzene rings is 1. The van der Waals surface area contributed by atoms with Crippen molar-refractivity contribution < 1.29 is 14.3 Å². The molecule has 1 atom stereocenters. The third kappa shape index (κ3) is 2.46. The van der Waals surface area contributed by atoms with Crippen molar-refractivity contribution in [3.8, 4) is 0 Å². The van der Waals surface area contributed by atoms with E-state index in [0.717, 1.165) is 5.69 Å². The highest BCUT2D eigenvalue weighted by atomic mass is 16.5. The quantitative estimate of drug-likeness (QED) is 0.582. The zero-order valence-corrected chi connectivity index (χ0v) is 9.76. The van der Waals surface area contributed by atoms with Gasteiger partial charge in [-0.05, 0) is 19.1 Å². The Kier molecular flexibility index (Phi) is 3.42. The molecule has 1 aromatic rings. The minimum atomic E-state index is -0.629. The summed E-state index contributed by atoms with van der Waals surface area (Å²) in [5.74, 6) is -1.10. The fraction of sp³-hybridized carbons (Fsp3) is 0.385. The van der Waals surface area contributed by atoms with Gasteiger partial charge in [0.05, 0.1) is 13.2 Å². The lowest BCUT2D eigenvalue weighted by Gasteiger charge is -2.16. The van der Waals surface area contributed by atoms with Gasteiger partial charge >= 0.3 is 5.97 Å². The molecule has 1 aromatic carbocycles. The molecule has 2 rings (SSSR count). The van der Waals surface area contributed by atoms with Crippen molar-refractivity contribution in [2.24, 2.45) is 5.92 Å². The van der Waals surface area contributed by atoms with E-state index in [1.807, 2.05) is 35.2 Å². The molecule has 0 amide bonds. The molecule has 1 aliphatic heterocycles. The van der Waals surface area contributed by atoms with Crippen molar-refractivity contribution in [2.45, 2.75) is 6.92 Å². The number of rotatable bonds is 3. The van der Waals surface area contributed by atoms with E-state index < -0.39 is 11.9 Å². The van der Waals surface area contributed by atoms with Crippen LogP contribution in [0.4, 0.5) is 5.69 Å². The monoisotopic (exact) mass is 233 g/mol. The summed E-state index contributed by atoms with van der Waals surface area (Å²) in [6.07, 6.45) is 0. The summed E-state index contributed by atoms with van der Waals surface area (Å²) in [4.78, 5) is 25.2. The first-order chi connectivity index (χ1) is 8.22. The third-order valence-corrected chi connectivity index (χ3v) is 2.83. The molecule has 4 nitrogen and oxygen atoms in total. The number of carbonyl (C=O) groups is 2. The lowest BCUT2D eigenvalue weighted by atomic mass is 10.1. The van der Waals surface area contributed by atoms with Crippen molar-refractivity contribution in [2.75, 3.05) is 24.6 Å². The molecule has 0 aromatic heterocycles. The minimum Gasteiger partial charge on any atom is -0.465 e. The number of esters is 1. The predicted molar refractivity (Wildman–Crippen MR) is 63.8 cm³/mol. The summed E-state index contributed by atoms with van der Waals surface area (Å²) in [7, 11) is 0. The van der Waals surface area contributed by atoms with Crippen LogP contribution in [0.15, 0.2) is 30.3 Å². The van der Waals surface area contributed by atoms with Crippen LogP contribution in [0.1, 0.15) is 6.92 Å². The van der Waals surface area contributed by atoms with Crippen LogP contribution in [0, 0.1) is 5.92 Å². The van der Waals surface area contributed by atoms with Gasteiger partial charge in [-0.2, -0.15) is 0 Å². The summed E-state index contributed by atoms with van der Waals surface area (Å²) in [5, 5.41) is 0. The third-order valence-electron chi connectivity index (χ3n) is 2.83. The summed E-state index contributed by atoms with van der Waals surface area (Å²) < 4.78 is 4.89. The Hall–Kier alpha value is -1.84. The van der Waals surface area contributed by atoms with Crippen LogP contribution in [-0.2, 0) is 14.3 Å². The Morgan fingerprint density at radius 1 is 1.41 bits per heavy atom. The fourth-order valence-electron chi connectivity index (χ4n) is 1.97. The van der Waals surface area contributed by atoms with Crippen LogP contribution in [0.25, 0.3) is 0 Å². The van der Waals surface area contributed by atoms with Crippen LogP contribution in [0.2, 0.25) is 0 Å². The molecule has 0 spiro atoms. The molecule has 0 radical (unpaired) electrons. The number of ether oxygens (including phenoxy) is 1. The van der Waals surface area contributed by atoms with Crippen LogP contribution < -0.4 is 4.90 Å². The van der Waals surface area contributed by atoms with E-state index in [9.17, 15) is 9.59 Å². The molecule has 4 heteroatoms. The second-order valence-electron chi connectivity index (χ2n) is 3.99. The normalized spacial score (nSPS) is 19.5. The van der Waals surface area contributed by atoms with Gasteiger partial charge in [-0.15, -0.1) is 0 Å². The van der Waals surface area contributed by atoms with E-state index in [2.05, 4.69) is 0 Å². The van der Waals surface area contributed by atoms with E-state index in [1.165, 1.54) is 0 Å². The van der Waals surface area contributed by atoms with Crippen molar-refractivity contribution in [1.82, 2.24) is 0 Å². The van der Waals surface area contributed by atoms with Crippen molar-refractivity contribution in [3.05, 3.63) is 30.3 Å². The highest BCUT2D eigenvalue weighted by Crippen LogP contribution is 2.22. The Balaban J connectivity index is 2.07. The Bertz CT molecular complexity index is 416. The van der Waals surface area contributed by atoms with Gasteiger partial charge < -0.3 is 9.64 Å². The summed E-state index contributed by atoms with van der Waals surface area (Å²) in [5.41, 5.74) is 0.965. The molecule has 0 aliphatic carbocycles. The fourth-order valence-corrected chi connectivity index (χ4v) is 1.97. The predicted octanol–water partition coefficient (Wildman–Crippen LogP) is 1.26. The lowest BCUT2D eigenvalue weighted by Crippen LogP contribution is -2.25. The standard InChI is InChI=1S/C13H15NO3/c1-2-17-13(16)11-8-14(9-12(11)15)10-6-4-3-5-7-10/h3-7,11H,2,8-9H2,1H3. The second kappa shape index (κ2) is 4.99. The Labute approximate surface area is 100 Å². The number of nitrogens with zero attached hydrogens (tertiary/aromatic N) is 1. The van der Waals surface area contributed by atoms with Crippen LogP contribution in [0.5, 0.6) is 0 Å². The zero-order chi connectivity index (χ0) is 12.3. The average molecular weight is 233 g/mol. The molecule has 1 aliphatic rings. The number of ketones is 1. The lowest BCUT2D eigenvalue weighted by molar-refractivity contribution is -0.149. The molecule has 1 unspecified atom stereocenters. The van der Waals surface area contributed by atoms with E-state index in [-0.39, 0.29) is 12.3 Å². The topological polar surface area (TPSA) is 46.6 Å². The van der Waals surface area contributed by atoms with Crippen LogP contribution in [0.3, 0.4) is 0 Å². The maximum Gasteiger partial charge on any atom is 0.318 e. The maximum atomic E-state index is 11.7. The molecular formula is C13H15NO3. The summed E-state index contributed by atoms with van der Waals surface area (Å²) in [6, 6.07) is 9.61. The molecule has 17 heavy (non-hydrogen) atoms. The van der Waals surface area contributed by atoms with Crippen molar-refractivity contribution in [3.63, 3.8) is 0 Å². The number of anilines is 1. The number of hydrogen-bond donors (Lipinski definition) is 0. The molecule has 0 saturated carbocycles. The smallest absolute Gasteiger partial charge is 0.318 e. The van der Waals surface area contributed by atoms with Gasteiger partial charge in [0.15, 0.2) is 5.78 Å². The minimum absolute atomic E-state index is 0.0627. The Morgan fingerprint density at radius 3 is 2.76 bits per heavy atom. The number of para-hydroxylation sites is 1. The van der Waals surface area contributed by atoms with Crippen molar-refractivity contribution >= 4 is 17.4 Å². The van der Waals surface area contributed by atoms with Gasteiger partial charge in [0.1, 0.15) is 5.92 Å². The van der Waals surface area contributed by atoms with Gasteiger partial charge in [0, 0.05) is 12.2 Å². The largest absolute Gasteiger partial charge is 0.465 e. The summed E-state index contributed by atoms with van der Waals surface area (Å²) in [6.45, 7) is 2.76. The maximum absolute atomic E-state index is 11.7.